The summed E-state index contributed by atoms with van der Waals surface area (Å²) in [5.41, 5.74) is 2.27. The van der Waals surface area contributed by atoms with Gasteiger partial charge in [0.15, 0.2) is 5.13 Å². The Morgan fingerprint density at radius 1 is 1.50 bits per heavy atom. The fourth-order valence-electron chi connectivity index (χ4n) is 1.45. The van der Waals surface area contributed by atoms with Crippen LogP contribution in [0.4, 0.5) is 5.13 Å². The second-order valence-electron chi connectivity index (χ2n) is 3.53. The highest BCUT2D eigenvalue weighted by Gasteiger charge is 2.07. The molecular weight excluding hydrogens is 288 g/mol. The lowest BCUT2D eigenvalue weighted by Gasteiger charge is -1.99. The maximum atomic E-state index is 4.99. The SMILES string of the molecule is COCCNc1nc2c(Br)cc(C)cc2s1. The van der Waals surface area contributed by atoms with Gasteiger partial charge >= 0.3 is 0 Å². The topological polar surface area (TPSA) is 34.1 Å². The van der Waals surface area contributed by atoms with Gasteiger partial charge in [0.25, 0.3) is 0 Å². The summed E-state index contributed by atoms with van der Waals surface area (Å²) in [6.45, 7) is 3.56. The quantitative estimate of drug-likeness (QED) is 0.879. The van der Waals surface area contributed by atoms with Crippen LogP contribution in [0.1, 0.15) is 5.56 Å². The summed E-state index contributed by atoms with van der Waals surface area (Å²) >= 11 is 5.20. The minimum absolute atomic E-state index is 0.691. The third-order valence-corrected chi connectivity index (χ3v) is 3.74. The number of rotatable bonds is 4. The molecule has 0 aliphatic carbocycles. The van der Waals surface area contributed by atoms with Crippen LogP contribution in [0.3, 0.4) is 0 Å². The molecule has 0 aliphatic rings. The first-order valence-electron chi connectivity index (χ1n) is 5.00. The lowest BCUT2D eigenvalue weighted by molar-refractivity contribution is 0.211. The van der Waals surface area contributed by atoms with Crippen molar-refractivity contribution in [3.8, 4) is 0 Å². The van der Waals surface area contributed by atoms with Crippen LogP contribution in [0.15, 0.2) is 16.6 Å². The van der Waals surface area contributed by atoms with Gasteiger partial charge in [0.1, 0.15) is 0 Å². The van der Waals surface area contributed by atoms with E-state index in [9.17, 15) is 0 Å². The van der Waals surface area contributed by atoms with Crippen LogP contribution in [0.5, 0.6) is 0 Å². The molecule has 0 spiro atoms. The number of ether oxygens (including phenoxy) is 1. The van der Waals surface area contributed by atoms with Gasteiger partial charge < -0.3 is 10.1 Å². The zero-order valence-electron chi connectivity index (χ0n) is 9.21. The summed E-state index contributed by atoms with van der Waals surface area (Å²) in [6.07, 6.45) is 0. The number of hydrogen-bond donors (Lipinski definition) is 1. The molecule has 16 heavy (non-hydrogen) atoms. The Morgan fingerprint density at radius 3 is 3.06 bits per heavy atom. The number of thiazole rings is 1. The number of halogens is 1. The number of aromatic nitrogens is 1. The van der Waals surface area contributed by atoms with E-state index in [1.165, 1.54) is 10.3 Å². The standard InChI is InChI=1S/C11H13BrN2OS/c1-7-5-8(12)10-9(6-7)16-11(14-10)13-3-4-15-2/h5-6H,3-4H2,1-2H3,(H,13,14). The van der Waals surface area contributed by atoms with Crippen LogP contribution in [0.2, 0.25) is 0 Å². The molecule has 0 aliphatic heterocycles. The number of methoxy groups -OCH3 is 1. The molecule has 3 nitrogen and oxygen atoms in total. The van der Waals surface area contributed by atoms with E-state index < -0.39 is 0 Å². The van der Waals surface area contributed by atoms with Crippen LogP contribution in [0.25, 0.3) is 10.2 Å². The zero-order valence-corrected chi connectivity index (χ0v) is 11.6. The molecule has 86 valence electrons. The molecule has 0 saturated carbocycles. The van der Waals surface area contributed by atoms with E-state index in [0.29, 0.717) is 6.61 Å². The molecule has 0 fully saturated rings. The normalized spacial score (nSPS) is 10.9. The van der Waals surface area contributed by atoms with E-state index in [2.05, 4.69) is 45.3 Å². The second-order valence-corrected chi connectivity index (χ2v) is 5.42. The highest BCUT2D eigenvalue weighted by molar-refractivity contribution is 9.10. The first-order chi connectivity index (χ1) is 7.70. The Bertz CT molecular complexity index is 498. The molecule has 1 aromatic carbocycles. The monoisotopic (exact) mass is 300 g/mol. The summed E-state index contributed by atoms with van der Waals surface area (Å²) < 4.78 is 7.24. The molecule has 1 heterocycles. The van der Waals surface area contributed by atoms with E-state index in [1.807, 2.05) is 0 Å². The predicted molar refractivity (Wildman–Crippen MR) is 72.4 cm³/mol. The Balaban J connectivity index is 2.26. The molecule has 0 unspecified atom stereocenters. The third kappa shape index (κ3) is 2.53. The summed E-state index contributed by atoms with van der Waals surface area (Å²) in [4.78, 5) is 4.53. The van der Waals surface area contributed by atoms with Gasteiger partial charge in [-0.1, -0.05) is 11.3 Å². The van der Waals surface area contributed by atoms with Crippen molar-refractivity contribution < 1.29 is 4.74 Å². The summed E-state index contributed by atoms with van der Waals surface area (Å²) in [6, 6.07) is 4.24. The van der Waals surface area contributed by atoms with Gasteiger partial charge in [0, 0.05) is 18.1 Å². The van der Waals surface area contributed by atoms with E-state index in [4.69, 9.17) is 4.74 Å². The lowest BCUT2D eigenvalue weighted by atomic mass is 10.2. The van der Waals surface area contributed by atoms with Gasteiger partial charge in [0.05, 0.1) is 16.8 Å². The second kappa shape index (κ2) is 5.12. The Morgan fingerprint density at radius 2 is 2.31 bits per heavy atom. The van der Waals surface area contributed by atoms with Gasteiger partial charge in [-0.2, -0.15) is 0 Å². The number of anilines is 1. The maximum Gasteiger partial charge on any atom is 0.183 e. The minimum atomic E-state index is 0.691. The fraction of sp³-hybridized carbons (Fsp3) is 0.364. The lowest BCUT2D eigenvalue weighted by Crippen LogP contribution is -2.06. The van der Waals surface area contributed by atoms with Gasteiger partial charge in [0.2, 0.25) is 0 Å². The molecule has 0 amide bonds. The van der Waals surface area contributed by atoms with Crippen LogP contribution >= 0.6 is 27.3 Å². The smallest absolute Gasteiger partial charge is 0.183 e. The number of benzene rings is 1. The van der Waals surface area contributed by atoms with Crippen LogP contribution in [0, 0.1) is 6.92 Å². The van der Waals surface area contributed by atoms with Crippen LogP contribution in [-0.2, 0) is 4.74 Å². The fourth-order valence-corrected chi connectivity index (χ4v) is 3.26. The van der Waals surface area contributed by atoms with Crippen LogP contribution < -0.4 is 5.32 Å². The Kier molecular flexibility index (Phi) is 3.78. The molecule has 5 heteroatoms. The molecule has 0 atom stereocenters. The number of hydrogen-bond acceptors (Lipinski definition) is 4. The Labute approximate surface area is 107 Å². The summed E-state index contributed by atoms with van der Waals surface area (Å²) in [5, 5.41) is 4.19. The van der Waals surface area contributed by atoms with Crippen molar-refractivity contribution in [2.24, 2.45) is 0 Å². The van der Waals surface area contributed by atoms with Gasteiger partial charge in [-0.15, -0.1) is 0 Å². The van der Waals surface area contributed by atoms with Crippen molar-refractivity contribution in [2.45, 2.75) is 6.92 Å². The predicted octanol–water partition coefficient (Wildman–Crippen LogP) is 3.43. The highest BCUT2D eigenvalue weighted by Crippen LogP contribution is 2.32. The molecule has 0 saturated heterocycles. The first-order valence-corrected chi connectivity index (χ1v) is 6.61. The maximum absolute atomic E-state index is 4.99. The molecule has 1 N–H and O–H groups in total. The minimum Gasteiger partial charge on any atom is -0.383 e. The van der Waals surface area contributed by atoms with Crippen molar-refractivity contribution in [3.05, 3.63) is 22.2 Å². The number of aryl methyl sites for hydroxylation is 1. The molecular formula is C11H13BrN2OS. The largest absolute Gasteiger partial charge is 0.383 e. The molecule has 0 bridgehead atoms. The Hall–Kier alpha value is -0.650. The molecule has 1 aromatic heterocycles. The first kappa shape index (κ1) is 11.8. The van der Waals surface area contributed by atoms with E-state index in [0.717, 1.165) is 21.7 Å². The van der Waals surface area contributed by atoms with E-state index in [-0.39, 0.29) is 0 Å². The number of nitrogens with zero attached hydrogens (tertiary/aromatic N) is 1. The van der Waals surface area contributed by atoms with Crippen molar-refractivity contribution in [3.63, 3.8) is 0 Å². The third-order valence-electron chi connectivity index (χ3n) is 2.18. The number of fused-ring (bicyclic) bond motifs is 1. The van der Waals surface area contributed by atoms with Gasteiger partial charge in [-0.05, 0) is 40.5 Å². The highest BCUT2D eigenvalue weighted by atomic mass is 79.9. The van der Waals surface area contributed by atoms with Gasteiger partial charge in [-0.25, -0.2) is 4.98 Å². The molecule has 0 radical (unpaired) electrons. The van der Waals surface area contributed by atoms with E-state index >= 15 is 0 Å². The molecule has 2 rings (SSSR count). The van der Waals surface area contributed by atoms with Crippen molar-refractivity contribution in [1.82, 2.24) is 4.98 Å². The molecule has 2 aromatic rings. The average molecular weight is 301 g/mol. The van der Waals surface area contributed by atoms with E-state index in [1.54, 1.807) is 18.4 Å². The van der Waals surface area contributed by atoms with Crippen molar-refractivity contribution in [1.29, 1.82) is 0 Å². The van der Waals surface area contributed by atoms with Gasteiger partial charge in [-0.3, -0.25) is 0 Å². The zero-order chi connectivity index (χ0) is 11.5. The van der Waals surface area contributed by atoms with Crippen molar-refractivity contribution in [2.75, 3.05) is 25.6 Å². The van der Waals surface area contributed by atoms with Crippen LogP contribution in [-0.4, -0.2) is 25.2 Å². The van der Waals surface area contributed by atoms with Crippen molar-refractivity contribution >= 4 is 42.6 Å². The number of nitrogens with one attached hydrogen (secondary N) is 1. The summed E-state index contributed by atoms with van der Waals surface area (Å²) in [5.74, 6) is 0. The average Bonchev–Trinajstić information content (AvgIpc) is 2.61. The summed E-state index contributed by atoms with van der Waals surface area (Å²) in [7, 11) is 1.69.